The first kappa shape index (κ1) is 11.0. The fourth-order valence-corrected chi connectivity index (χ4v) is 1.79. The maximum atomic E-state index is 12.1. The molecule has 86 valence electrons. The van der Waals surface area contributed by atoms with Crippen LogP contribution < -0.4 is 0 Å². The highest BCUT2D eigenvalue weighted by Crippen LogP contribution is 2.30. The smallest absolute Gasteiger partial charge is 0.257 e. The summed E-state index contributed by atoms with van der Waals surface area (Å²) in [5.74, 6) is 0.684. The van der Waals surface area contributed by atoms with Crippen molar-refractivity contribution in [2.75, 3.05) is 13.1 Å². The molecule has 1 aromatic rings. The van der Waals surface area contributed by atoms with E-state index in [1.54, 1.807) is 24.3 Å². The van der Waals surface area contributed by atoms with E-state index in [9.17, 15) is 9.90 Å². The zero-order valence-electron chi connectivity index (χ0n) is 9.52. The van der Waals surface area contributed by atoms with Crippen LogP contribution >= 0.6 is 0 Å². The molecule has 1 aromatic carbocycles. The summed E-state index contributed by atoms with van der Waals surface area (Å²) in [5.41, 5.74) is 0.407. The summed E-state index contributed by atoms with van der Waals surface area (Å²) in [5, 5.41) is 9.63. The number of hydrogen-bond acceptors (Lipinski definition) is 2. The lowest BCUT2D eigenvalue weighted by molar-refractivity contribution is 0.0754. The third kappa shape index (κ3) is 2.35. The fourth-order valence-electron chi connectivity index (χ4n) is 1.79. The third-order valence-corrected chi connectivity index (χ3v) is 2.98. The zero-order chi connectivity index (χ0) is 11.5. The predicted molar refractivity (Wildman–Crippen MR) is 62.4 cm³/mol. The van der Waals surface area contributed by atoms with Crippen molar-refractivity contribution in [3.8, 4) is 5.75 Å². The van der Waals surface area contributed by atoms with Crippen LogP contribution in [0.4, 0.5) is 0 Å². The number of carbonyl (C=O) groups excluding carboxylic acids is 1. The molecule has 1 amide bonds. The Bertz CT molecular complexity index is 385. The molecule has 0 aromatic heterocycles. The number of hydrogen-bond donors (Lipinski definition) is 1. The molecule has 1 saturated carbocycles. The van der Waals surface area contributed by atoms with E-state index in [0.29, 0.717) is 18.0 Å². The van der Waals surface area contributed by atoms with Gasteiger partial charge in [-0.1, -0.05) is 12.1 Å². The van der Waals surface area contributed by atoms with E-state index < -0.39 is 0 Å². The standard InChI is InChI=1S/C13H17NO2/c1-2-14(9-10-7-8-10)13(16)11-5-3-4-6-12(11)15/h3-6,10,15H,2,7-9H2,1H3. The number of phenolic OH excluding ortho intramolecular Hbond substituents is 1. The van der Waals surface area contributed by atoms with Crippen LogP contribution in [0.15, 0.2) is 24.3 Å². The van der Waals surface area contributed by atoms with Crippen LogP contribution in [0, 0.1) is 5.92 Å². The van der Waals surface area contributed by atoms with Crippen molar-refractivity contribution in [3.05, 3.63) is 29.8 Å². The number of carbonyl (C=O) groups is 1. The van der Waals surface area contributed by atoms with Gasteiger partial charge >= 0.3 is 0 Å². The highest BCUT2D eigenvalue weighted by molar-refractivity contribution is 5.96. The van der Waals surface area contributed by atoms with Crippen LogP contribution in [0.1, 0.15) is 30.1 Å². The molecule has 16 heavy (non-hydrogen) atoms. The van der Waals surface area contributed by atoms with Crippen LogP contribution in [0.5, 0.6) is 5.75 Å². The van der Waals surface area contributed by atoms with Crippen LogP contribution in [-0.2, 0) is 0 Å². The Kier molecular flexibility index (Phi) is 3.13. The maximum absolute atomic E-state index is 12.1. The van der Waals surface area contributed by atoms with Gasteiger partial charge in [0.15, 0.2) is 0 Å². The molecular formula is C13H17NO2. The molecule has 0 unspecified atom stereocenters. The Morgan fingerprint density at radius 3 is 2.69 bits per heavy atom. The number of rotatable bonds is 4. The highest BCUT2D eigenvalue weighted by Gasteiger charge is 2.27. The van der Waals surface area contributed by atoms with Gasteiger partial charge in [0, 0.05) is 13.1 Å². The molecule has 0 atom stereocenters. The highest BCUT2D eigenvalue weighted by atomic mass is 16.3. The lowest BCUT2D eigenvalue weighted by Gasteiger charge is -2.21. The molecule has 1 fully saturated rings. The summed E-state index contributed by atoms with van der Waals surface area (Å²) in [6.07, 6.45) is 2.45. The van der Waals surface area contributed by atoms with E-state index in [0.717, 1.165) is 6.54 Å². The SMILES string of the molecule is CCN(CC1CC1)C(=O)c1ccccc1O. The van der Waals surface area contributed by atoms with Crippen molar-refractivity contribution in [2.24, 2.45) is 5.92 Å². The first-order valence-electron chi connectivity index (χ1n) is 5.79. The topological polar surface area (TPSA) is 40.5 Å². The Balaban J connectivity index is 2.12. The molecule has 1 N–H and O–H groups in total. The molecule has 3 heteroatoms. The zero-order valence-corrected chi connectivity index (χ0v) is 9.52. The van der Waals surface area contributed by atoms with Crippen LogP contribution in [0.2, 0.25) is 0 Å². The number of para-hydroxylation sites is 1. The van der Waals surface area contributed by atoms with Crippen molar-refractivity contribution < 1.29 is 9.90 Å². The van der Waals surface area contributed by atoms with E-state index in [2.05, 4.69) is 0 Å². The molecule has 0 radical (unpaired) electrons. The van der Waals surface area contributed by atoms with Crippen molar-refractivity contribution >= 4 is 5.91 Å². The van der Waals surface area contributed by atoms with Gasteiger partial charge in [-0.15, -0.1) is 0 Å². The molecule has 0 aliphatic heterocycles. The number of benzene rings is 1. The van der Waals surface area contributed by atoms with Gasteiger partial charge in [0.25, 0.3) is 5.91 Å². The molecule has 0 heterocycles. The lowest BCUT2D eigenvalue weighted by atomic mass is 10.1. The van der Waals surface area contributed by atoms with Gasteiger partial charge in [-0.3, -0.25) is 4.79 Å². The van der Waals surface area contributed by atoms with Crippen LogP contribution in [0.25, 0.3) is 0 Å². The minimum atomic E-state index is -0.0625. The second kappa shape index (κ2) is 4.56. The Morgan fingerprint density at radius 2 is 2.12 bits per heavy atom. The van der Waals surface area contributed by atoms with Crippen LogP contribution in [0.3, 0.4) is 0 Å². The van der Waals surface area contributed by atoms with Crippen molar-refractivity contribution in [1.29, 1.82) is 0 Å². The van der Waals surface area contributed by atoms with Crippen LogP contribution in [-0.4, -0.2) is 29.0 Å². The normalized spacial score (nSPS) is 14.8. The van der Waals surface area contributed by atoms with E-state index in [4.69, 9.17) is 0 Å². The van der Waals surface area contributed by atoms with E-state index in [1.807, 2.05) is 11.8 Å². The number of nitrogens with zero attached hydrogens (tertiary/aromatic N) is 1. The van der Waals surface area contributed by atoms with Gasteiger partial charge in [0.1, 0.15) is 5.75 Å². The predicted octanol–water partition coefficient (Wildman–Crippen LogP) is 2.26. The molecule has 2 rings (SSSR count). The second-order valence-electron chi connectivity index (χ2n) is 4.30. The Morgan fingerprint density at radius 1 is 1.44 bits per heavy atom. The molecular weight excluding hydrogens is 202 g/mol. The second-order valence-corrected chi connectivity index (χ2v) is 4.30. The molecule has 0 spiro atoms. The summed E-state index contributed by atoms with van der Waals surface area (Å²) in [4.78, 5) is 13.9. The number of amides is 1. The molecule has 1 aliphatic rings. The summed E-state index contributed by atoms with van der Waals surface area (Å²) >= 11 is 0. The Hall–Kier alpha value is -1.51. The lowest BCUT2D eigenvalue weighted by Crippen LogP contribution is -2.32. The third-order valence-electron chi connectivity index (χ3n) is 2.98. The minimum absolute atomic E-state index is 0.0625. The monoisotopic (exact) mass is 219 g/mol. The average molecular weight is 219 g/mol. The first-order valence-corrected chi connectivity index (χ1v) is 5.79. The van der Waals surface area contributed by atoms with Gasteiger partial charge in [0.05, 0.1) is 5.56 Å². The van der Waals surface area contributed by atoms with Crippen molar-refractivity contribution in [3.63, 3.8) is 0 Å². The van der Waals surface area contributed by atoms with E-state index in [1.165, 1.54) is 12.8 Å². The summed E-state index contributed by atoms with van der Waals surface area (Å²) < 4.78 is 0. The van der Waals surface area contributed by atoms with Crippen molar-refractivity contribution in [1.82, 2.24) is 4.90 Å². The average Bonchev–Trinajstić information content (AvgIpc) is 3.09. The fraction of sp³-hybridized carbons (Fsp3) is 0.462. The minimum Gasteiger partial charge on any atom is -0.507 e. The van der Waals surface area contributed by atoms with Gasteiger partial charge in [0.2, 0.25) is 0 Å². The Labute approximate surface area is 95.7 Å². The number of aromatic hydroxyl groups is 1. The van der Waals surface area contributed by atoms with Gasteiger partial charge < -0.3 is 10.0 Å². The quantitative estimate of drug-likeness (QED) is 0.843. The van der Waals surface area contributed by atoms with Gasteiger partial charge in [-0.25, -0.2) is 0 Å². The largest absolute Gasteiger partial charge is 0.507 e. The summed E-state index contributed by atoms with van der Waals surface area (Å²) in [7, 11) is 0. The first-order chi connectivity index (χ1) is 7.72. The van der Waals surface area contributed by atoms with E-state index in [-0.39, 0.29) is 11.7 Å². The molecule has 1 aliphatic carbocycles. The van der Waals surface area contributed by atoms with Gasteiger partial charge in [-0.05, 0) is 37.8 Å². The molecule has 0 bridgehead atoms. The van der Waals surface area contributed by atoms with E-state index >= 15 is 0 Å². The molecule has 3 nitrogen and oxygen atoms in total. The summed E-state index contributed by atoms with van der Waals surface area (Å²) in [6, 6.07) is 6.73. The maximum Gasteiger partial charge on any atom is 0.257 e. The molecule has 0 saturated heterocycles. The number of phenols is 1. The van der Waals surface area contributed by atoms with Crippen molar-refractivity contribution in [2.45, 2.75) is 19.8 Å². The summed E-state index contributed by atoms with van der Waals surface area (Å²) in [6.45, 7) is 3.49. The van der Waals surface area contributed by atoms with Gasteiger partial charge in [-0.2, -0.15) is 0 Å².